The number of rotatable bonds is 1. The molecule has 0 saturated heterocycles. The first-order valence-electron chi connectivity index (χ1n) is 6.76. The van der Waals surface area contributed by atoms with E-state index in [9.17, 15) is 4.79 Å². The fourth-order valence-corrected chi connectivity index (χ4v) is 2.85. The lowest BCUT2D eigenvalue weighted by molar-refractivity contribution is -0.126. The molecular formula is C17H18N2O. The minimum atomic E-state index is -0.517. The first-order chi connectivity index (χ1) is 9.51. The van der Waals surface area contributed by atoms with Crippen molar-refractivity contribution in [2.75, 3.05) is 5.73 Å². The Balaban J connectivity index is 2.20. The molecule has 102 valence electrons. The Morgan fingerprint density at radius 3 is 2.30 bits per heavy atom. The van der Waals surface area contributed by atoms with E-state index in [1.54, 1.807) is 0 Å². The smallest absolute Gasteiger partial charge is 0.230 e. The number of hydrogen-bond acceptors (Lipinski definition) is 2. The maximum atomic E-state index is 12.4. The van der Waals surface area contributed by atoms with Gasteiger partial charge in [-0.15, -0.1) is 0 Å². The highest BCUT2D eigenvalue weighted by Crippen LogP contribution is 2.39. The highest BCUT2D eigenvalue weighted by Gasteiger charge is 2.39. The SMILES string of the molecule is CC1(C)C(=O)N[C@H](c2ccccc2N)c2ccccc21. The lowest BCUT2D eigenvalue weighted by Gasteiger charge is -2.37. The molecule has 0 fully saturated rings. The molecule has 0 aromatic heterocycles. The molecule has 1 atom stereocenters. The zero-order valence-electron chi connectivity index (χ0n) is 11.7. The Labute approximate surface area is 118 Å². The second kappa shape index (κ2) is 4.37. The summed E-state index contributed by atoms with van der Waals surface area (Å²) >= 11 is 0. The first-order valence-corrected chi connectivity index (χ1v) is 6.76. The van der Waals surface area contributed by atoms with E-state index in [1.807, 2.05) is 56.3 Å². The van der Waals surface area contributed by atoms with Crippen LogP contribution in [0.25, 0.3) is 0 Å². The van der Waals surface area contributed by atoms with Crippen LogP contribution in [0, 0.1) is 0 Å². The Kier molecular flexibility index (Phi) is 2.78. The molecule has 3 heteroatoms. The van der Waals surface area contributed by atoms with Crippen LogP contribution in [-0.4, -0.2) is 5.91 Å². The van der Waals surface area contributed by atoms with Crippen molar-refractivity contribution in [1.82, 2.24) is 5.32 Å². The van der Waals surface area contributed by atoms with Gasteiger partial charge in [-0.25, -0.2) is 0 Å². The van der Waals surface area contributed by atoms with Gasteiger partial charge in [-0.3, -0.25) is 4.79 Å². The van der Waals surface area contributed by atoms with Gasteiger partial charge in [0.05, 0.1) is 11.5 Å². The van der Waals surface area contributed by atoms with Gasteiger partial charge < -0.3 is 11.1 Å². The van der Waals surface area contributed by atoms with Crippen LogP contribution in [0.3, 0.4) is 0 Å². The molecule has 0 saturated carbocycles. The number of para-hydroxylation sites is 1. The van der Waals surface area contributed by atoms with E-state index < -0.39 is 5.41 Å². The van der Waals surface area contributed by atoms with Crippen LogP contribution >= 0.6 is 0 Å². The number of hydrogen-bond donors (Lipinski definition) is 2. The van der Waals surface area contributed by atoms with Crippen molar-refractivity contribution in [2.45, 2.75) is 25.3 Å². The second-order valence-electron chi connectivity index (χ2n) is 5.75. The number of nitrogens with one attached hydrogen (secondary N) is 1. The van der Waals surface area contributed by atoms with Gasteiger partial charge in [-0.2, -0.15) is 0 Å². The van der Waals surface area contributed by atoms with Crippen LogP contribution < -0.4 is 11.1 Å². The van der Waals surface area contributed by atoms with Crippen molar-refractivity contribution in [3.05, 3.63) is 65.2 Å². The van der Waals surface area contributed by atoms with Crippen LogP contribution in [0.15, 0.2) is 48.5 Å². The van der Waals surface area contributed by atoms with E-state index >= 15 is 0 Å². The van der Waals surface area contributed by atoms with E-state index in [1.165, 1.54) is 0 Å². The quantitative estimate of drug-likeness (QED) is 0.780. The van der Waals surface area contributed by atoms with Crippen LogP contribution in [-0.2, 0) is 10.2 Å². The third kappa shape index (κ3) is 1.78. The summed E-state index contributed by atoms with van der Waals surface area (Å²) in [5.41, 5.74) is 9.39. The fraction of sp³-hybridized carbons (Fsp3) is 0.235. The van der Waals surface area contributed by atoms with Gasteiger partial charge in [0.1, 0.15) is 0 Å². The normalized spacial score (nSPS) is 20.1. The van der Waals surface area contributed by atoms with Crippen LogP contribution in [0.2, 0.25) is 0 Å². The zero-order valence-corrected chi connectivity index (χ0v) is 11.7. The van der Waals surface area contributed by atoms with Crippen molar-refractivity contribution in [1.29, 1.82) is 0 Å². The second-order valence-corrected chi connectivity index (χ2v) is 5.75. The molecule has 0 unspecified atom stereocenters. The number of amides is 1. The van der Waals surface area contributed by atoms with Gasteiger partial charge in [-0.1, -0.05) is 42.5 Å². The monoisotopic (exact) mass is 266 g/mol. The summed E-state index contributed by atoms with van der Waals surface area (Å²) in [6.07, 6.45) is 0. The first kappa shape index (κ1) is 12.7. The number of nitrogen functional groups attached to an aromatic ring is 1. The molecule has 1 aliphatic rings. The maximum absolute atomic E-state index is 12.4. The van der Waals surface area contributed by atoms with Crippen molar-refractivity contribution in [3.63, 3.8) is 0 Å². The number of carbonyl (C=O) groups is 1. The van der Waals surface area contributed by atoms with Crippen LogP contribution in [0.5, 0.6) is 0 Å². The average molecular weight is 266 g/mol. The van der Waals surface area contributed by atoms with E-state index in [0.29, 0.717) is 5.69 Å². The molecule has 3 nitrogen and oxygen atoms in total. The Morgan fingerprint density at radius 1 is 1.00 bits per heavy atom. The van der Waals surface area contributed by atoms with E-state index in [0.717, 1.165) is 16.7 Å². The number of nitrogens with two attached hydrogens (primary N) is 1. The summed E-state index contributed by atoms with van der Waals surface area (Å²) in [5, 5.41) is 3.10. The Hall–Kier alpha value is -2.29. The molecule has 2 aromatic rings. The van der Waals surface area contributed by atoms with Crippen molar-refractivity contribution in [3.8, 4) is 0 Å². The van der Waals surface area contributed by atoms with Gasteiger partial charge in [0.25, 0.3) is 0 Å². The molecule has 0 bridgehead atoms. The summed E-state index contributed by atoms with van der Waals surface area (Å²) in [5.74, 6) is 0.0319. The summed E-state index contributed by atoms with van der Waals surface area (Å²) in [7, 11) is 0. The highest BCUT2D eigenvalue weighted by atomic mass is 16.2. The largest absolute Gasteiger partial charge is 0.398 e. The summed E-state index contributed by atoms with van der Waals surface area (Å²) in [6, 6.07) is 15.6. The van der Waals surface area contributed by atoms with Gasteiger partial charge in [0.2, 0.25) is 5.91 Å². The number of carbonyl (C=O) groups excluding carboxylic acids is 1. The lowest BCUT2D eigenvalue weighted by Crippen LogP contribution is -2.47. The minimum Gasteiger partial charge on any atom is -0.398 e. The van der Waals surface area contributed by atoms with Crippen molar-refractivity contribution in [2.24, 2.45) is 0 Å². The van der Waals surface area contributed by atoms with Crippen LogP contribution in [0.1, 0.15) is 36.6 Å². The molecule has 1 amide bonds. The predicted octanol–water partition coefficient (Wildman–Crippen LogP) is 2.77. The van der Waals surface area contributed by atoms with Crippen molar-refractivity contribution < 1.29 is 4.79 Å². The summed E-state index contributed by atoms with van der Waals surface area (Å²) in [4.78, 5) is 12.4. The molecule has 0 aliphatic carbocycles. The van der Waals surface area contributed by atoms with E-state index in [2.05, 4.69) is 11.4 Å². The standard InChI is InChI=1S/C17H18N2O/c1-17(2)13-9-5-3-7-11(13)15(19-16(17)20)12-8-4-6-10-14(12)18/h3-10,15H,18H2,1-2H3,(H,19,20)/t15-/m0/s1. The molecular weight excluding hydrogens is 248 g/mol. The molecule has 1 heterocycles. The third-order valence-corrected chi connectivity index (χ3v) is 4.10. The topological polar surface area (TPSA) is 55.1 Å². The van der Waals surface area contributed by atoms with Gasteiger partial charge in [-0.05, 0) is 31.0 Å². The number of benzene rings is 2. The van der Waals surface area contributed by atoms with Gasteiger partial charge in [0.15, 0.2) is 0 Å². The highest BCUT2D eigenvalue weighted by molar-refractivity contribution is 5.90. The molecule has 1 aliphatic heterocycles. The third-order valence-electron chi connectivity index (χ3n) is 4.10. The van der Waals surface area contributed by atoms with E-state index in [-0.39, 0.29) is 11.9 Å². The van der Waals surface area contributed by atoms with Gasteiger partial charge in [0, 0.05) is 11.3 Å². The molecule has 3 N–H and O–H groups in total. The molecule has 2 aromatic carbocycles. The van der Waals surface area contributed by atoms with Crippen LogP contribution in [0.4, 0.5) is 5.69 Å². The van der Waals surface area contributed by atoms with Gasteiger partial charge >= 0.3 is 0 Å². The zero-order chi connectivity index (χ0) is 14.3. The molecule has 0 radical (unpaired) electrons. The summed E-state index contributed by atoms with van der Waals surface area (Å²) < 4.78 is 0. The molecule has 3 rings (SSSR count). The Bertz CT molecular complexity index is 676. The fourth-order valence-electron chi connectivity index (χ4n) is 2.85. The Morgan fingerprint density at radius 2 is 1.60 bits per heavy atom. The summed E-state index contributed by atoms with van der Waals surface area (Å²) in [6.45, 7) is 3.90. The average Bonchev–Trinajstić information content (AvgIpc) is 2.44. The molecule has 0 spiro atoms. The number of fused-ring (bicyclic) bond motifs is 1. The minimum absolute atomic E-state index is 0.0319. The lowest BCUT2D eigenvalue weighted by atomic mass is 9.74. The predicted molar refractivity (Wildman–Crippen MR) is 80.3 cm³/mol. The number of anilines is 1. The molecule has 20 heavy (non-hydrogen) atoms. The van der Waals surface area contributed by atoms with Crippen molar-refractivity contribution >= 4 is 11.6 Å². The maximum Gasteiger partial charge on any atom is 0.230 e. The van der Waals surface area contributed by atoms with E-state index in [4.69, 9.17) is 5.73 Å².